The number of amides is 1. The maximum atomic E-state index is 12.2. The normalized spacial score (nSPS) is 19.2. The van der Waals surface area contributed by atoms with E-state index < -0.39 is 18.1 Å². The van der Waals surface area contributed by atoms with Gasteiger partial charge >= 0.3 is 5.97 Å². The van der Waals surface area contributed by atoms with E-state index in [-0.39, 0.29) is 5.91 Å². The number of likely N-dealkylation sites (tertiary alicyclic amines) is 1. The molecule has 0 bridgehead atoms. The lowest BCUT2D eigenvalue weighted by Crippen LogP contribution is -2.62. The average Bonchev–Trinajstić information content (AvgIpc) is 2.54. The summed E-state index contributed by atoms with van der Waals surface area (Å²) in [5, 5.41) is 1.95. The SMILES string of the molecule is COC(=O)C(c1cccc2ccccc12)N1CC(N)C1=O. The van der Waals surface area contributed by atoms with Gasteiger partial charge in [0.25, 0.3) is 0 Å². The Morgan fingerprint density at radius 2 is 2.00 bits per heavy atom. The molecule has 0 saturated carbocycles. The highest BCUT2D eigenvalue weighted by molar-refractivity contribution is 5.96. The van der Waals surface area contributed by atoms with Crippen LogP contribution in [0.1, 0.15) is 11.6 Å². The number of carbonyl (C=O) groups is 2. The summed E-state index contributed by atoms with van der Waals surface area (Å²) in [7, 11) is 1.32. The number of carbonyl (C=O) groups excluding carboxylic acids is 2. The number of methoxy groups -OCH3 is 1. The van der Waals surface area contributed by atoms with Crippen LogP contribution >= 0.6 is 0 Å². The van der Waals surface area contributed by atoms with Gasteiger partial charge in [-0.15, -0.1) is 0 Å². The second-order valence-corrected chi connectivity index (χ2v) is 5.09. The summed E-state index contributed by atoms with van der Waals surface area (Å²) in [6.07, 6.45) is 0. The molecule has 2 N–H and O–H groups in total. The molecule has 2 unspecified atom stereocenters. The van der Waals surface area contributed by atoms with Gasteiger partial charge < -0.3 is 15.4 Å². The van der Waals surface area contributed by atoms with Crippen LogP contribution < -0.4 is 5.73 Å². The number of hydrogen-bond donors (Lipinski definition) is 1. The molecule has 1 aliphatic rings. The average molecular weight is 284 g/mol. The Kier molecular flexibility index (Phi) is 3.35. The van der Waals surface area contributed by atoms with Crippen LogP contribution in [0.2, 0.25) is 0 Å². The van der Waals surface area contributed by atoms with Gasteiger partial charge in [-0.1, -0.05) is 42.5 Å². The van der Waals surface area contributed by atoms with Crippen LogP contribution in [0.5, 0.6) is 0 Å². The highest BCUT2D eigenvalue weighted by Gasteiger charge is 2.43. The molecule has 3 rings (SSSR count). The quantitative estimate of drug-likeness (QED) is 0.679. The molecule has 1 amide bonds. The minimum atomic E-state index is -0.742. The maximum Gasteiger partial charge on any atom is 0.333 e. The number of β-lactam (4-membered cyclic amide) rings is 1. The number of rotatable bonds is 3. The lowest BCUT2D eigenvalue weighted by atomic mass is 9.94. The summed E-state index contributed by atoms with van der Waals surface area (Å²) < 4.78 is 4.88. The minimum absolute atomic E-state index is 0.224. The van der Waals surface area contributed by atoms with Crippen LogP contribution in [0.25, 0.3) is 10.8 Å². The monoisotopic (exact) mass is 284 g/mol. The summed E-state index contributed by atoms with van der Waals surface area (Å²) >= 11 is 0. The molecule has 2 aromatic carbocycles. The van der Waals surface area contributed by atoms with Gasteiger partial charge in [0.2, 0.25) is 5.91 Å². The molecule has 1 heterocycles. The Morgan fingerprint density at radius 3 is 2.67 bits per heavy atom. The number of nitrogens with two attached hydrogens (primary N) is 1. The van der Waals surface area contributed by atoms with Crippen LogP contribution in [0.3, 0.4) is 0 Å². The summed E-state index contributed by atoms with van der Waals surface area (Å²) in [6.45, 7) is 0.363. The third-order valence-electron chi connectivity index (χ3n) is 3.85. The molecule has 5 nitrogen and oxygen atoms in total. The van der Waals surface area contributed by atoms with E-state index in [1.807, 2.05) is 42.5 Å². The van der Waals surface area contributed by atoms with E-state index in [1.54, 1.807) is 0 Å². The number of ether oxygens (including phenoxy) is 1. The molecule has 0 aromatic heterocycles. The zero-order valence-corrected chi connectivity index (χ0v) is 11.7. The van der Waals surface area contributed by atoms with E-state index in [9.17, 15) is 9.59 Å². The van der Waals surface area contributed by atoms with Crippen molar-refractivity contribution < 1.29 is 14.3 Å². The van der Waals surface area contributed by atoms with Crippen LogP contribution in [0, 0.1) is 0 Å². The van der Waals surface area contributed by atoms with E-state index in [0.29, 0.717) is 6.54 Å². The lowest BCUT2D eigenvalue weighted by Gasteiger charge is -2.41. The fourth-order valence-electron chi connectivity index (χ4n) is 2.74. The topological polar surface area (TPSA) is 72.6 Å². The number of fused-ring (bicyclic) bond motifs is 1. The van der Waals surface area contributed by atoms with E-state index in [2.05, 4.69) is 0 Å². The Balaban J connectivity index is 2.11. The van der Waals surface area contributed by atoms with Gasteiger partial charge in [-0.25, -0.2) is 4.79 Å². The zero-order valence-electron chi connectivity index (χ0n) is 11.7. The first-order valence-electron chi connectivity index (χ1n) is 6.75. The van der Waals surface area contributed by atoms with Crippen molar-refractivity contribution in [1.29, 1.82) is 0 Å². The van der Waals surface area contributed by atoms with Gasteiger partial charge in [0.05, 0.1) is 7.11 Å². The first kappa shape index (κ1) is 13.6. The molecule has 1 aliphatic heterocycles. The van der Waals surface area contributed by atoms with Crippen LogP contribution in [0.15, 0.2) is 42.5 Å². The van der Waals surface area contributed by atoms with Gasteiger partial charge in [-0.2, -0.15) is 0 Å². The molecular weight excluding hydrogens is 268 g/mol. The second-order valence-electron chi connectivity index (χ2n) is 5.09. The number of nitrogens with zero attached hydrogens (tertiary/aromatic N) is 1. The predicted octanol–water partition coefficient (Wildman–Crippen LogP) is 1.22. The molecular formula is C16H16N2O3. The van der Waals surface area contributed by atoms with Crippen molar-refractivity contribution in [3.8, 4) is 0 Å². The first-order valence-corrected chi connectivity index (χ1v) is 6.75. The third-order valence-corrected chi connectivity index (χ3v) is 3.85. The van der Waals surface area contributed by atoms with Crippen LogP contribution in [-0.4, -0.2) is 36.5 Å². The highest BCUT2D eigenvalue weighted by Crippen LogP contribution is 2.32. The molecule has 21 heavy (non-hydrogen) atoms. The van der Waals surface area contributed by atoms with Crippen molar-refractivity contribution in [2.75, 3.05) is 13.7 Å². The number of benzene rings is 2. The Morgan fingerprint density at radius 1 is 1.29 bits per heavy atom. The summed E-state index contributed by atoms with van der Waals surface area (Å²) in [4.78, 5) is 25.6. The molecule has 2 aromatic rings. The fraction of sp³-hybridized carbons (Fsp3) is 0.250. The van der Waals surface area contributed by atoms with Crippen molar-refractivity contribution in [2.45, 2.75) is 12.1 Å². The third kappa shape index (κ3) is 2.15. The van der Waals surface area contributed by atoms with Crippen LogP contribution in [-0.2, 0) is 14.3 Å². The molecule has 1 saturated heterocycles. The first-order chi connectivity index (χ1) is 10.1. The molecule has 1 fully saturated rings. The Labute approximate surface area is 122 Å². The Hall–Kier alpha value is -2.40. The largest absolute Gasteiger partial charge is 0.467 e. The fourth-order valence-corrected chi connectivity index (χ4v) is 2.74. The molecule has 108 valence electrons. The van der Waals surface area contributed by atoms with E-state index in [0.717, 1.165) is 16.3 Å². The van der Waals surface area contributed by atoms with Crippen molar-refractivity contribution in [3.05, 3.63) is 48.0 Å². The van der Waals surface area contributed by atoms with E-state index >= 15 is 0 Å². The minimum Gasteiger partial charge on any atom is -0.467 e. The number of esters is 1. The maximum absolute atomic E-state index is 12.2. The lowest BCUT2D eigenvalue weighted by molar-refractivity contribution is -0.160. The van der Waals surface area contributed by atoms with Crippen LogP contribution in [0.4, 0.5) is 0 Å². The standard InChI is InChI=1S/C16H16N2O3/c1-21-16(20)14(18-9-13(17)15(18)19)12-8-4-6-10-5-2-3-7-11(10)12/h2-8,13-14H,9,17H2,1H3. The van der Waals surface area contributed by atoms with Gasteiger partial charge in [0.1, 0.15) is 6.04 Å². The highest BCUT2D eigenvalue weighted by atomic mass is 16.5. The van der Waals surface area contributed by atoms with E-state index in [4.69, 9.17) is 10.5 Å². The van der Waals surface area contributed by atoms with Crippen molar-refractivity contribution >= 4 is 22.6 Å². The smallest absolute Gasteiger partial charge is 0.333 e. The van der Waals surface area contributed by atoms with Gasteiger partial charge in [-0.05, 0) is 16.3 Å². The second kappa shape index (κ2) is 5.18. The summed E-state index contributed by atoms with van der Waals surface area (Å²) in [5.41, 5.74) is 6.40. The molecule has 0 spiro atoms. The van der Waals surface area contributed by atoms with Crippen molar-refractivity contribution in [2.24, 2.45) is 5.73 Å². The molecule has 0 radical (unpaired) electrons. The predicted molar refractivity (Wildman–Crippen MR) is 78.4 cm³/mol. The van der Waals surface area contributed by atoms with Gasteiger partial charge in [-0.3, -0.25) is 4.79 Å². The van der Waals surface area contributed by atoms with Gasteiger partial charge in [0, 0.05) is 6.54 Å². The number of hydrogen-bond acceptors (Lipinski definition) is 4. The Bertz CT molecular complexity index is 708. The van der Waals surface area contributed by atoms with Crippen molar-refractivity contribution in [3.63, 3.8) is 0 Å². The summed E-state index contributed by atoms with van der Waals surface area (Å²) in [6, 6.07) is 12.2. The zero-order chi connectivity index (χ0) is 15.0. The van der Waals surface area contributed by atoms with Gasteiger partial charge in [0.15, 0.2) is 6.04 Å². The molecule has 0 aliphatic carbocycles. The van der Waals surface area contributed by atoms with E-state index in [1.165, 1.54) is 12.0 Å². The molecule has 2 atom stereocenters. The summed E-state index contributed by atoms with van der Waals surface area (Å²) in [5.74, 6) is -0.676. The molecule has 5 heteroatoms. The van der Waals surface area contributed by atoms with Crippen molar-refractivity contribution in [1.82, 2.24) is 4.90 Å².